The molecule has 6 N–H and O–H groups in total. The number of hydrogen-bond acceptors (Lipinski definition) is 7. The van der Waals surface area contributed by atoms with E-state index in [1.54, 1.807) is 18.2 Å². The van der Waals surface area contributed by atoms with E-state index in [1.807, 2.05) is 0 Å². The summed E-state index contributed by atoms with van der Waals surface area (Å²) in [6, 6.07) is 2.94. The van der Waals surface area contributed by atoms with Crippen LogP contribution in [-0.4, -0.2) is 68.7 Å². The van der Waals surface area contributed by atoms with Gasteiger partial charge in [-0.05, 0) is 12.1 Å². The van der Waals surface area contributed by atoms with Crippen LogP contribution >= 0.6 is 0 Å². The molecule has 2 amide bonds. The second-order valence-corrected chi connectivity index (χ2v) is 4.57. The van der Waals surface area contributed by atoms with Crippen molar-refractivity contribution < 1.29 is 30.0 Å². The van der Waals surface area contributed by atoms with E-state index >= 15 is 0 Å². The highest BCUT2D eigenvalue weighted by molar-refractivity contribution is 5.88. The number of carbonyl (C=O) groups is 1. The number of rotatable bonds is 3. The molecule has 0 aromatic carbocycles. The van der Waals surface area contributed by atoms with Crippen LogP contribution in [0.5, 0.6) is 0 Å². The molecule has 9 nitrogen and oxygen atoms in total. The molecule has 3 unspecified atom stereocenters. The molecule has 1 aromatic rings. The number of aromatic nitrogens is 1. The number of hydrogen-bond donors (Lipinski definition) is 6. The Hall–Kier alpha value is -1.78. The first kappa shape index (κ1) is 15.6. The number of amides is 2. The Morgan fingerprint density at radius 2 is 2.05 bits per heavy atom. The minimum Gasteiger partial charge on any atom is -0.394 e. The third kappa shape index (κ3) is 3.65. The highest BCUT2D eigenvalue weighted by Gasteiger charge is 2.44. The molecular weight excluding hydrogens is 282 g/mol. The summed E-state index contributed by atoms with van der Waals surface area (Å²) in [7, 11) is 0. The van der Waals surface area contributed by atoms with E-state index < -0.39 is 43.3 Å². The first-order valence-corrected chi connectivity index (χ1v) is 6.32. The zero-order valence-electron chi connectivity index (χ0n) is 11.0. The van der Waals surface area contributed by atoms with Gasteiger partial charge in [0.05, 0.1) is 6.61 Å². The Morgan fingerprint density at radius 1 is 1.29 bits per heavy atom. The van der Waals surface area contributed by atoms with Gasteiger partial charge in [0.2, 0.25) is 0 Å². The summed E-state index contributed by atoms with van der Waals surface area (Å²) in [4.78, 5) is 15.6. The predicted molar refractivity (Wildman–Crippen MR) is 70.2 cm³/mol. The van der Waals surface area contributed by atoms with E-state index in [4.69, 9.17) is 9.84 Å². The number of aliphatic hydroxyl groups excluding tert-OH is 4. The average molecular weight is 299 g/mol. The summed E-state index contributed by atoms with van der Waals surface area (Å²) in [6.45, 7) is -0.567. The van der Waals surface area contributed by atoms with Gasteiger partial charge in [0, 0.05) is 6.20 Å². The van der Waals surface area contributed by atoms with Crippen LogP contribution in [0.15, 0.2) is 24.4 Å². The number of carbonyl (C=O) groups excluding carboxylic acids is 1. The first-order chi connectivity index (χ1) is 10.0. The maximum Gasteiger partial charge on any atom is 0.320 e. The standard InChI is InChI=1S/C12H17N3O6/c16-5-6-9(17)10(18)8(11(19)21-6)15-12(20)14-7-3-1-2-4-13-7/h1-4,6,8-11,16-19H,5H2,(H2,13,14,15,20)/t6-,8?,9?,10-,11?/m1/s1. The molecule has 5 atom stereocenters. The fraction of sp³-hybridized carbons (Fsp3) is 0.500. The average Bonchev–Trinajstić information content (AvgIpc) is 2.48. The van der Waals surface area contributed by atoms with Crippen molar-refractivity contribution in [1.29, 1.82) is 0 Å². The second-order valence-electron chi connectivity index (χ2n) is 4.57. The predicted octanol–water partition coefficient (Wildman–Crippen LogP) is -2.00. The van der Waals surface area contributed by atoms with E-state index in [0.29, 0.717) is 0 Å². The molecule has 0 radical (unpaired) electrons. The zero-order chi connectivity index (χ0) is 15.4. The van der Waals surface area contributed by atoms with Crippen molar-refractivity contribution in [2.75, 3.05) is 11.9 Å². The topological polar surface area (TPSA) is 144 Å². The lowest BCUT2D eigenvalue weighted by Gasteiger charge is -2.40. The third-order valence-electron chi connectivity index (χ3n) is 3.10. The molecule has 0 spiro atoms. The molecular formula is C12H17N3O6. The highest BCUT2D eigenvalue weighted by Crippen LogP contribution is 2.19. The molecule has 1 aliphatic heterocycles. The van der Waals surface area contributed by atoms with Crippen LogP contribution in [0.4, 0.5) is 10.6 Å². The molecule has 1 fully saturated rings. The monoisotopic (exact) mass is 299 g/mol. The summed E-state index contributed by atoms with van der Waals surface area (Å²) in [5.74, 6) is 0.282. The fourth-order valence-electron chi connectivity index (χ4n) is 1.99. The molecule has 1 aliphatic rings. The van der Waals surface area contributed by atoms with Crippen molar-refractivity contribution in [3.05, 3.63) is 24.4 Å². The van der Waals surface area contributed by atoms with Crippen molar-refractivity contribution in [3.8, 4) is 0 Å². The Labute approximate surface area is 120 Å². The lowest BCUT2D eigenvalue weighted by molar-refractivity contribution is -0.252. The largest absolute Gasteiger partial charge is 0.394 e. The molecule has 0 bridgehead atoms. The first-order valence-electron chi connectivity index (χ1n) is 6.32. The van der Waals surface area contributed by atoms with Crippen LogP contribution < -0.4 is 10.6 Å². The Balaban J connectivity index is 1.96. The van der Waals surface area contributed by atoms with Crippen LogP contribution in [0.1, 0.15) is 0 Å². The molecule has 0 saturated carbocycles. The smallest absolute Gasteiger partial charge is 0.320 e. The van der Waals surface area contributed by atoms with E-state index in [2.05, 4.69) is 15.6 Å². The summed E-state index contributed by atoms with van der Waals surface area (Å²) >= 11 is 0. The summed E-state index contributed by atoms with van der Waals surface area (Å²) < 4.78 is 4.92. The SMILES string of the molecule is O=C(Nc1ccccn1)NC1C(O)O[C@H](CO)C(O)[C@@H]1O. The van der Waals surface area contributed by atoms with Gasteiger partial charge in [-0.2, -0.15) is 0 Å². The number of aliphatic hydroxyl groups is 4. The minimum absolute atomic E-state index is 0.282. The van der Waals surface area contributed by atoms with Crippen molar-refractivity contribution in [3.63, 3.8) is 0 Å². The fourth-order valence-corrected chi connectivity index (χ4v) is 1.99. The van der Waals surface area contributed by atoms with E-state index in [9.17, 15) is 20.1 Å². The molecule has 1 saturated heterocycles. The number of pyridine rings is 1. The number of urea groups is 1. The van der Waals surface area contributed by atoms with Crippen molar-refractivity contribution in [1.82, 2.24) is 10.3 Å². The van der Waals surface area contributed by atoms with Crippen LogP contribution in [0.2, 0.25) is 0 Å². The summed E-state index contributed by atoms with van der Waals surface area (Å²) in [6.07, 6.45) is -4.11. The van der Waals surface area contributed by atoms with Crippen molar-refractivity contribution in [2.45, 2.75) is 30.6 Å². The quantitative estimate of drug-likeness (QED) is 0.379. The maximum atomic E-state index is 11.8. The van der Waals surface area contributed by atoms with Gasteiger partial charge in [-0.1, -0.05) is 6.07 Å². The molecule has 21 heavy (non-hydrogen) atoms. The van der Waals surface area contributed by atoms with Crippen molar-refractivity contribution in [2.24, 2.45) is 0 Å². The Bertz CT molecular complexity index is 473. The number of nitrogens with zero attached hydrogens (tertiary/aromatic N) is 1. The van der Waals surface area contributed by atoms with E-state index in [0.717, 1.165) is 0 Å². The van der Waals surface area contributed by atoms with Gasteiger partial charge in [-0.15, -0.1) is 0 Å². The molecule has 0 aliphatic carbocycles. The minimum atomic E-state index is -1.56. The number of anilines is 1. The number of nitrogens with one attached hydrogen (secondary N) is 2. The Morgan fingerprint density at radius 3 is 2.67 bits per heavy atom. The van der Waals surface area contributed by atoms with Crippen LogP contribution in [0.3, 0.4) is 0 Å². The highest BCUT2D eigenvalue weighted by atomic mass is 16.6. The van der Waals surface area contributed by atoms with Crippen LogP contribution in [-0.2, 0) is 4.74 Å². The van der Waals surface area contributed by atoms with E-state index in [-0.39, 0.29) is 5.82 Å². The summed E-state index contributed by atoms with van der Waals surface area (Å²) in [5, 5.41) is 42.9. The maximum absolute atomic E-state index is 11.8. The second kappa shape index (κ2) is 6.78. The van der Waals surface area contributed by atoms with Gasteiger partial charge in [0.1, 0.15) is 30.2 Å². The van der Waals surface area contributed by atoms with Gasteiger partial charge in [-0.3, -0.25) is 5.32 Å². The molecule has 116 valence electrons. The van der Waals surface area contributed by atoms with Gasteiger partial charge in [0.25, 0.3) is 0 Å². The van der Waals surface area contributed by atoms with Gasteiger partial charge < -0.3 is 30.5 Å². The third-order valence-corrected chi connectivity index (χ3v) is 3.10. The lowest BCUT2D eigenvalue weighted by Crippen LogP contribution is -2.64. The lowest BCUT2D eigenvalue weighted by atomic mass is 9.97. The van der Waals surface area contributed by atoms with E-state index in [1.165, 1.54) is 6.20 Å². The van der Waals surface area contributed by atoms with Gasteiger partial charge in [-0.25, -0.2) is 9.78 Å². The van der Waals surface area contributed by atoms with Gasteiger partial charge >= 0.3 is 6.03 Å². The van der Waals surface area contributed by atoms with Crippen molar-refractivity contribution >= 4 is 11.8 Å². The van der Waals surface area contributed by atoms with Crippen LogP contribution in [0, 0.1) is 0 Å². The molecule has 2 rings (SSSR count). The normalized spacial score (nSPS) is 32.5. The Kier molecular flexibility index (Phi) is 5.04. The van der Waals surface area contributed by atoms with Crippen LogP contribution in [0.25, 0.3) is 0 Å². The molecule has 2 heterocycles. The zero-order valence-corrected chi connectivity index (χ0v) is 11.0. The molecule has 1 aromatic heterocycles. The number of ether oxygens (including phenoxy) is 1. The molecule has 9 heteroatoms. The summed E-state index contributed by atoms with van der Waals surface area (Å²) in [5.41, 5.74) is 0. The van der Waals surface area contributed by atoms with Gasteiger partial charge in [0.15, 0.2) is 6.29 Å².